The zero-order valence-corrected chi connectivity index (χ0v) is 9.66. The lowest BCUT2D eigenvalue weighted by Gasteiger charge is -2.06. The van der Waals surface area contributed by atoms with Gasteiger partial charge in [0.2, 0.25) is 0 Å². The fourth-order valence-electron chi connectivity index (χ4n) is 1.61. The summed E-state index contributed by atoms with van der Waals surface area (Å²) in [7, 11) is 0. The van der Waals surface area contributed by atoms with Crippen molar-refractivity contribution in [2.45, 2.75) is 6.92 Å². The van der Waals surface area contributed by atoms with E-state index < -0.39 is 0 Å². The van der Waals surface area contributed by atoms with Crippen LogP contribution in [0.4, 0.5) is 0 Å². The van der Waals surface area contributed by atoms with Gasteiger partial charge in [-0.2, -0.15) is 0 Å². The second kappa shape index (κ2) is 4.50. The smallest absolute Gasteiger partial charge is 0.150 e. The van der Waals surface area contributed by atoms with Crippen molar-refractivity contribution >= 4 is 17.9 Å². The van der Waals surface area contributed by atoms with Crippen molar-refractivity contribution in [3.05, 3.63) is 58.6 Å². The van der Waals surface area contributed by atoms with E-state index in [4.69, 9.17) is 11.6 Å². The van der Waals surface area contributed by atoms with Gasteiger partial charge in [-0.15, -0.1) is 0 Å². The molecule has 0 heterocycles. The Morgan fingerprint density at radius 3 is 2.38 bits per heavy atom. The summed E-state index contributed by atoms with van der Waals surface area (Å²) in [6.45, 7) is 2.03. The third-order valence-electron chi connectivity index (χ3n) is 2.50. The number of hydrogen-bond donors (Lipinski definition) is 0. The van der Waals surface area contributed by atoms with E-state index in [9.17, 15) is 4.79 Å². The first-order chi connectivity index (χ1) is 7.70. The van der Waals surface area contributed by atoms with E-state index in [-0.39, 0.29) is 0 Å². The summed E-state index contributed by atoms with van der Waals surface area (Å²) in [5, 5.41) is 0.640. The maximum Gasteiger partial charge on any atom is 0.150 e. The van der Waals surface area contributed by atoms with Gasteiger partial charge >= 0.3 is 0 Å². The normalized spacial score (nSPS) is 10.1. The molecule has 0 radical (unpaired) electrons. The Kier molecular flexibility index (Phi) is 3.07. The van der Waals surface area contributed by atoms with Crippen LogP contribution >= 0.6 is 11.6 Å². The zero-order chi connectivity index (χ0) is 11.5. The van der Waals surface area contributed by atoms with Crippen molar-refractivity contribution in [3.63, 3.8) is 0 Å². The van der Waals surface area contributed by atoms with E-state index in [1.165, 1.54) is 5.56 Å². The molecule has 0 N–H and O–H groups in total. The molecule has 0 aliphatic rings. The molecule has 0 bridgehead atoms. The van der Waals surface area contributed by atoms with Gasteiger partial charge in [0.15, 0.2) is 6.29 Å². The highest BCUT2D eigenvalue weighted by molar-refractivity contribution is 6.31. The average Bonchev–Trinajstić information content (AvgIpc) is 2.30. The van der Waals surface area contributed by atoms with Crippen LogP contribution in [0.1, 0.15) is 15.9 Å². The molecule has 0 aliphatic heterocycles. The summed E-state index contributed by atoms with van der Waals surface area (Å²) < 4.78 is 0. The van der Waals surface area contributed by atoms with Gasteiger partial charge in [-0.25, -0.2) is 0 Å². The molecular weight excluding hydrogens is 220 g/mol. The molecule has 80 valence electrons. The lowest BCUT2D eigenvalue weighted by Crippen LogP contribution is -1.87. The molecule has 0 saturated carbocycles. The van der Waals surface area contributed by atoms with Crippen molar-refractivity contribution < 1.29 is 4.79 Å². The monoisotopic (exact) mass is 230 g/mol. The van der Waals surface area contributed by atoms with Crippen molar-refractivity contribution in [2.24, 2.45) is 0 Å². The molecule has 2 aromatic rings. The summed E-state index contributed by atoms with van der Waals surface area (Å²) in [4.78, 5) is 10.9. The number of hydrogen-bond acceptors (Lipinski definition) is 1. The molecule has 0 fully saturated rings. The van der Waals surface area contributed by atoms with Gasteiger partial charge in [0.25, 0.3) is 0 Å². The number of benzene rings is 2. The molecule has 0 aromatic heterocycles. The average molecular weight is 231 g/mol. The van der Waals surface area contributed by atoms with Crippen molar-refractivity contribution in [1.82, 2.24) is 0 Å². The molecule has 0 aliphatic carbocycles. The zero-order valence-electron chi connectivity index (χ0n) is 8.91. The molecule has 0 atom stereocenters. The molecule has 1 nitrogen and oxygen atoms in total. The number of aryl methyl sites for hydroxylation is 1. The predicted molar refractivity (Wildman–Crippen MR) is 67.0 cm³/mol. The van der Waals surface area contributed by atoms with Crippen LogP contribution in [0, 0.1) is 6.92 Å². The maximum absolute atomic E-state index is 10.9. The van der Waals surface area contributed by atoms with Crippen LogP contribution in [0.5, 0.6) is 0 Å². The van der Waals surface area contributed by atoms with Crippen LogP contribution in [0.15, 0.2) is 42.5 Å². The van der Waals surface area contributed by atoms with Crippen LogP contribution in [-0.2, 0) is 0 Å². The molecule has 0 spiro atoms. The molecule has 16 heavy (non-hydrogen) atoms. The Hall–Kier alpha value is -1.60. The first kappa shape index (κ1) is 10.9. The Morgan fingerprint density at radius 2 is 1.75 bits per heavy atom. The van der Waals surface area contributed by atoms with Gasteiger partial charge < -0.3 is 0 Å². The number of halogens is 1. The van der Waals surface area contributed by atoms with Gasteiger partial charge in [-0.3, -0.25) is 4.79 Å². The summed E-state index contributed by atoms with van der Waals surface area (Å²) in [5.74, 6) is 0. The highest BCUT2D eigenvalue weighted by atomic mass is 35.5. The van der Waals surface area contributed by atoms with E-state index in [0.29, 0.717) is 10.6 Å². The summed E-state index contributed by atoms with van der Waals surface area (Å²) in [6, 6.07) is 13.3. The largest absolute Gasteiger partial charge is 0.298 e. The summed E-state index contributed by atoms with van der Waals surface area (Å²) in [6.07, 6.45) is 0.853. The molecule has 2 heteroatoms. The van der Waals surface area contributed by atoms with Crippen molar-refractivity contribution in [3.8, 4) is 11.1 Å². The second-order valence-corrected chi connectivity index (χ2v) is 4.15. The van der Waals surface area contributed by atoms with Crippen LogP contribution in [-0.4, -0.2) is 6.29 Å². The Bertz CT molecular complexity index is 515. The van der Waals surface area contributed by atoms with Crippen LogP contribution < -0.4 is 0 Å². The van der Waals surface area contributed by atoms with Gasteiger partial charge in [0, 0.05) is 10.6 Å². The number of rotatable bonds is 2. The minimum Gasteiger partial charge on any atom is -0.298 e. The molecule has 2 rings (SSSR count). The Balaban J connectivity index is 2.57. The molecular formula is C14H11ClO. The quantitative estimate of drug-likeness (QED) is 0.709. The SMILES string of the molecule is Cc1ccc(-c2cc(Cl)ccc2C=O)cc1. The Labute approximate surface area is 99.7 Å². The van der Waals surface area contributed by atoms with Crippen molar-refractivity contribution in [2.75, 3.05) is 0 Å². The minimum atomic E-state index is 0.640. The number of aldehydes is 1. The fraction of sp³-hybridized carbons (Fsp3) is 0.0714. The van der Waals surface area contributed by atoms with Gasteiger partial charge in [0.1, 0.15) is 0 Å². The first-order valence-electron chi connectivity index (χ1n) is 5.02. The highest BCUT2D eigenvalue weighted by Gasteiger charge is 2.04. The van der Waals surface area contributed by atoms with Gasteiger partial charge in [-0.1, -0.05) is 41.4 Å². The van der Waals surface area contributed by atoms with Gasteiger partial charge in [0.05, 0.1) is 0 Å². The molecule has 2 aromatic carbocycles. The standard InChI is InChI=1S/C14H11ClO/c1-10-2-4-11(5-3-10)14-8-13(15)7-6-12(14)9-16/h2-9H,1H3. The predicted octanol–water partition coefficient (Wildman–Crippen LogP) is 4.13. The van der Waals surface area contributed by atoms with Crippen LogP contribution in [0.2, 0.25) is 5.02 Å². The molecule has 0 unspecified atom stereocenters. The number of carbonyl (C=O) groups is 1. The van der Waals surface area contributed by atoms with Crippen LogP contribution in [0.3, 0.4) is 0 Å². The minimum absolute atomic E-state index is 0.640. The number of carbonyl (C=O) groups excluding carboxylic acids is 1. The van der Waals surface area contributed by atoms with Gasteiger partial charge in [-0.05, 0) is 36.2 Å². The lowest BCUT2D eigenvalue weighted by atomic mass is 9.99. The van der Waals surface area contributed by atoms with E-state index in [1.54, 1.807) is 12.1 Å². The third-order valence-corrected chi connectivity index (χ3v) is 2.74. The van der Waals surface area contributed by atoms with Crippen molar-refractivity contribution in [1.29, 1.82) is 0 Å². The molecule has 0 saturated heterocycles. The highest BCUT2D eigenvalue weighted by Crippen LogP contribution is 2.26. The third kappa shape index (κ3) is 2.15. The van der Waals surface area contributed by atoms with E-state index in [2.05, 4.69) is 0 Å². The lowest BCUT2D eigenvalue weighted by molar-refractivity contribution is 0.112. The Morgan fingerprint density at radius 1 is 1.06 bits per heavy atom. The van der Waals surface area contributed by atoms with E-state index in [0.717, 1.165) is 17.4 Å². The maximum atomic E-state index is 10.9. The summed E-state index contributed by atoms with van der Waals surface area (Å²) >= 11 is 5.94. The first-order valence-corrected chi connectivity index (χ1v) is 5.40. The van der Waals surface area contributed by atoms with Crippen LogP contribution in [0.25, 0.3) is 11.1 Å². The second-order valence-electron chi connectivity index (χ2n) is 3.72. The fourth-order valence-corrected chi connectivity index (χ4v) is 1.79. The summed E-state index contributed by atoms with van der Waals surface area (Å²) in [5.41, 5.74) is 3.74. The van der Waals surface area contributed by atoms with E-state index >= 15 is 0 Å². The van der Waals surface area contributed by atoms with E-state index in [1.807, 2.05) is 37.3 Å². The molecule has 0 amide bonds. The topological polar surface area (TPSA) is 17.1 Å².